The van der Waals surface area contributed by atoms with Gasteiger partial charge in [-0.25, -0.2) is 4.79 Å². The van der Waals surface area contributed by atoms with Crippen molar-refractivity contribution in [3.8, 4) is 0 Å². The molecule has 3 N–H and O–H groups in total. The van der Waals surface area contributed by atoms with Gasteiger partial charge >= 0.3 is 12.0 Å². The number of carboxylic acids is 1. The van der Waals surface area contributed by atoms with E-state index in [0.29, 0.717) is 29.8 Å². The molecule has 1 fully saturated rings. The average Bonchev–Trinajstić information content (AvgIpc) is 2.83. The molecule has 7 heteroatoms. The molecule has 1 unspecified atom stereocenters. The molecular weight excluding hydrogens is 442 g/mol. The van der Waals surface area contributed by atoms with Gasteiger partial charge in [0.25, 0.3) is 0 Å². The fourth-order valence-corrected chi connectivity index (χ4v) is 4.62. The second-order valence-electron chi connectivity index (χ2n) is 9.81. The van der Waals surface area contributed by atoms with E-state index in [1.165, 1.54) is 0 Å². The molecule has 1 aliphatic rings. The molecule has 190 valence electrons. The second-order valence-corrected chi connectivity index (χ2v) is 9.81. The van der Waals surface area contributed by atoms with E-state index in [0.717, 1.165) is 49.4 Å². The third kappa shape index (κ3) is 7.72. The first kappa shape index (κ1) is 26.5. The average molecular weight is 482 g/mol. The van der Waals surface area contributed by atoms with Crippen molar-refractivity contribution in [2.75, 3.05) is 35.3 Å². The Balaban J connectivity index is 1.96. The summed E-state index contributed by atoms with van der Waals surface area (Å²) in [6.07, 6.45) is 2.62. The van der Waals surface area contributed by atoms with Gasteiger partial charge in [-0.2, -0.15) is 0 Å². The first-order chi connectivity index (χ1) is 16.8. The lowest BCUT2D eigenvalue weighted by atomic mass is 9.92. The third-order valence-electron chi connectivity index (χ3n) is 6.47. The quantitative estimate of drug-likeness (QED) is 0.373. The van der Waals surface area contributed by atoms with Gasteiger partial charge in [0, 0.05) is 31.5 Å². The maximum absolute atomic E-state index is 13.0. The van der Waals surface area contributed by atoms with Crippen LogP contribution in [0.1, 0.15) is 63.5 Å². The van der Waals surface area contributed by atoms with Crippen LogP contribution in [0.3, 0.4) is 0 Å². The largest absolute Gasteiger partial charge is 0.481 e. The number of benzene rings is 2. The minimum atomic E-state index is -0.823. The standard InChI is InChI=1S/C28H39N3O4/c1-5-21(17-27(32)33)22-8-11-26(31(18-19(2)3)24-12-14-35-15-13-24)25(16-22)30-28(34)29-23-9-6-20(4)7-10-23/h6-11,16,19,21,24H,5,12-15,17-18H2,1-4H3,(H,32,33)(H2,29,30,34). The van der Waals surface area contributed by atoms with E-state index < -0.39 is 5.97 Å². The highest BCUT2D eigenvalue weighted by Gasteiger charge is 2.26. The summed E-state index contributed by atoms with van der Waals surface area (Å²) < 4.78 is 5.60. The first-order valence-electron chi connectivity index (χ1n) is 12.6. The van der Waals surface area contributed by atoms with Crippen LogP contribution >= 0.6 is 0 Å². The van der Waals surface area contributed by atoms with Gasteiger partial charge in [-0.3, -0.25) is 4.79 Å². The molecule has 1 aliphatic heterocycles. The number of anilines is 3. The fourth-order valence-electron chi connectivity index (χ4n) is 4.62. The molecule has 0 aromatic heterocycles. The Hall–Kier alpha value is -3.06. The summed E-state index contributed by atoms with van der Waals surface area (Å²) in [5.41, 5.74) is 4.41. The van der Waals surface area contributed by atoms with Gasteiger partial charge in [-0.15, -0.1) is 0 Å². The van der Waals surface area contributed by atoms with Gasteiger partial charge in [0.2, 0.25) is 0 Å². The van der Waals surface area contributed by atoms with Crippen LogP contribution in [0.5, 0.6) is 0 Å². The van der Waals surface area contributed by atoms with Crippen LogP contribution < -0.4 is 15.5 Å². The molecule has 1 saturated heterocycles. The van der Waals surface area contributed by atoms with Crippen molar-refractivity contribution >= 4 is 29.1 Å². The Morgan fingerprint density at radius 1 is 1.09 bits per heavy atom. The van der Waals surface area contributed by atoms with Crippen molar-refractivity contribution in [1.82, 2.24) is 0 Å². The zero-order valence-corrected chi connectivity index (χ0v) is 21.3. The van der Waals surface area contributed by atoms with E-state index in [1.807, 2.05) is 56.3 Å². The molecule has 0 aliphatic carbocycles. The number of aliphatic carboxylic acids is 1. The number of nitrogens with one attached hydrogen (secondary N) is 2. The number of carbonyl (C=O) groups is 2. The molecule has 1 heterocycles. The van der Waals surface area contributed by atoms with Gasteiger partial charge in [0.1, 0.15) is 0 Å². The van der Waals surface area contributed by atoms with Crippen LogP contribution in [0, 0.1) is 12.8 Å². The minimum absolute atomic E-state index is 0.0561. The first-order valence-corrected chi connectivity index (χ1v) is 12.6. The minimum Gasteiger partial charge on any atom is -0.481 e. The number of carbonyl (C=O) groups excluding carboxylic acids is 1. The monoisotopic (exact) mass is 481 g/mol. The van der Waals surface area contributed by atoms with Crippen molar-refractivity contribution in [2.45, 2.75) is 65.3 Å². The molecule has 0 saturated carbocycles. The number of amides is 2. The number of hydrogen-bond donors (Lipinski definition) is 3. The van der Waals surface area contributed by atoms with Gasteiger partial charge in [-0.1, -0.05) is 44.5 Å². The van der Waals surface area contributed by atoms with E-state index in [4.69, 9.17) is 4.74 Å². The van der Waals surface area contributed by atoms with Crippen molar-refractivity contribution < 1.29 is 19.4 Å². The highest BCUT2D eigenvalue weighted by Crippen LogP contribution is 2.35. The number of ether oxygens (including phenoxy) is 1. The molecule has 3 rings (SSSR count). The summed E-state index contributed by atoms with van der Waals surface area (Å²) in [6, 6.07) is 13.7. The fraction of sp³-hybridized carbons (Fsp3) is 0.500. The zero-order chi connectivity index (χ0) is 25.4. The maximum atomic E-state index is 13.0. The van der Waals surface area contributed by atoms with Crippen LogP contribution in [-0.2, 0) is 9.53 Å². The molecule has 0 spiro atoms. The van der Waals surface area contributed by atoms with Gasteiger partial charge < -0.3 is 25.4 Å². The molecule has 2 amide bonds. The second kappa shape index (κ2) is 12.6. The summed E-state index contributed by atoms with van der Waals surface area (Å²) >= 11 is 0. The van der Waals surface area contributed by atoms with Crippen molar-refractivity contribution in [2.24, 2.45) is 5.92 Å². The van der Waals surface area contributed by atoms with Crippen LogP contribution in [0.15, 0.2) is 42.5 Å². The Labute approximate surface area is 208 Å². The lowest BCUT2D eigenvalue weighted by Crippen LogP contribution is -2.42. The van der Waals surface area contributed by atoms with Crippen molar-refractivity contribution in [3.05, 3.63) is 53.6 Å². The Kier molecular flexibility index (Phi) is 9.55. The number of nitrogens with zero attached hydrogens (tertiary/aromatic N) is 1. The molecule has 7 nitrogen and oxygen atoms in total. The molecule has 35 heavy (non-hydrogen) atoms. The predicted octanol–water partition coefficient (Wildman–Crippen LogP) is 6.25. The van der Waals surface area contributed by atoms with Gasteiger partial charge in [0.15, 0.2) is 0 Å². The normalized spacial score (nSPS) is 15.0. The summed E-state index contributed by atoms with van der Waals surface area (Å²) in [4.78, 5) is 26.8. The number of urea groups is 1. The molecule has 2 aromatic carbocycles. The summed E-state index contributed by atoms with van der Waals surface area (Å²) in [7, 11) is 0. The highest BCUT2D eigenvalue weighted by molar-refractivity contribution is 6.02. The molecule has 2 aromatic rings. The lowest BCUT2D eigenvalue weighted by molar-refractivity contribution is -0.137. The number of hydrogen-bond acceptors (Lipinski definition) is 4. The van der Waals surface area contributed by atoms with Gasteiger partial charge in [0.05, 0.1) is 17.8 Å². The molecular formula is C28H39N3O4. The summed E-state index contributed by atoms with van der Waals surface area (Å²) in [6.45, 7) is 10.7. The summed E-state index contributed by atoms with van der Waals surface area (Å²) in [5, 5.41) is 15.4. The Morgan fingerprint density at radius 2 is 1.77 bits per heavy atom. The third-order valence-corrected chi connectivity index (χ3v) is 6.47. The number of aryl methyl sites for hydroxylation is 1. The van der Waals surface area contributed by atoms with Crippen molar-refractivity contribution in [3.63, 3.8) is 0 Å². The number of rotatable bonds is 10. The smallest absolute Gasteiger partial charge is 0.323 e. The van der Waals surface area contributed by atoms with E-state index in [9.17, 15) is 14.7 Å². The van der Waals surface area contributed by atoms with Crippen molar-refractivity contribution in [1.29, 1.82) is 0 Å². The van der Waals surface area contributed by atoms with E-state index >= 15 is 0 Å². The van der Waals surface area contributed by atoms with E-state index in [2.05, 4.69) is 29.4 Å². The summed E-state index contributed by atoms with van der Waals surface area (Å²) in [5.74, 6) is -0.512. The van der Waals surface area contributed by atoms with Crippen LogP contribution in [-0.4, -0.2) is 42.9 Å². The predicted molar refractivity (Wildman–Crippen MR) is 142 cm³/mol. The Morgan fingerprint density at radius 3 is 2.37 bits per heavy atom. The molecule has 0 radical (unpaired) electrons. The number of carboxylic acid groups (broad SMARTS) is 1. The van der Waals surface area contributed by atoms with Crippen LogP contribution in [0.4, 0.5) is 21.9 Å². The maximum Gasteiger partial charge on any atom is 0.323 e. The zero-order valence-electron chi connectivity index (χ0n) is 21.3. The topological polar surface area (TPSA) is 90.9 Å². The lowest BCUT2D eigenvalue weighted by Gasteiger charge is -2.38. The van der Waals surface area contributed by atoms with E-state index in [-0.39, 0.29) is 18.4 Å². The van der Waals surface area contributed by atoms with E-state index in [1.54, 1.807) is 0 Å². The van der Waals surface area contributed by atoms with Crippen LogP contribution in [0.25, 0.3) is 0 Å². The van der Waals surface area contributed by atoms with Gasteiger partial charge in [-0.05, 0) is 67.9 Å². The SMILES string of the molecule is CCC(CC(=O)O)c1ccc(N(CC(C)C)C2CCOCC2)c(NC(=O)Nc2ccc(C)cc2)c1. The highest BCUT2D eigenvalue weighted by atomic mass is 16.5. The Bertz CT molecular complexity index is 984. The molecule has 0 bridgehead atoms. The van der Waals surface area contributed by atoms with Crippen LogP contribution in [0.2, 0.25) is 0 Å². The molecule has 1 atom stereocenters.